The van der Waals surface area contributed by atoms with Gasteiger partial charge in [-0.2, -0.15) is 0 Å². The summed E-state index contributed by atoms with van der Waals surface area (Å²) >= 11 is 1.69. The van der Waals surface area contributed by atoms with Gasteiger partial charge < -0.3 is 10.1 Å². The van der Waals surface area contributed by atoms with Crippen molar-refractivity contribution >= 4 is 16.3 Å². The molecule has 0 amide bonds. The van der Waals surface area contributed by atoms with E-state index in [9.17, 15) is 0 Å². The molecule has 2 aromatic heterocycles. The van der Waals surface area contributed by atoms with Crippen LogP contribution in [0.5, 0.6) is 0 Å². The number of thiazole rings is 1. The Kier molecular flexibility index (Phi) is 4.62. The molecule has 2 aromatic rings. The Morgan fingerprint density at radius 3 is 2.90 bits per heavy atom. The first-order valence-electron chi connectivity index (χ1n) is 7.97. The number of imidazole rings is 1. The van der Waals surface area contributed by atoms with Crippen molar-refractivity contribution in [2.45, 2.75) is 57.1 Å². The molecule has 3 rings (SSSR count). The zero-order valence-corrected chi connectivity index (χ0v) is 13.8. The molecule has 1 atom stereocenters. The molecule has 116 valence electrons. The lowest BCUT2D eigenvalue weighted by Crippen LogP contribution is -2.54. The molecular formula is C16H25N3OS. The van der Waals surface area contributed by atoms with Crippen molar-refractivity contribution in [3.05, 3.63) is 23.5 Å². The molecule has 5 heteroatoms. The lowest BCUT2D eigenvalue weighted by atomic mass is 9.77. The minimum absolute atomic E-state index is 0.0225. The van der Waals surface area contributed by atoms with Gasteiger partial charge in [0.25, 0.3) is 0 Å². The first-order valence-corrected chi connectivity index (χ1v) is 8.85. The number of fused-ring (bicyclic) bond motifs is 1. The zero-order valence-electron chi connectivity index (χ0n) is 13.0. The Bertz CT molecular complexity index is 542. The summed E-state index contributed by atoms with van der Waals surface area (Å²) in [6, 6.07) is 0.345. The van der Waals surface area contributed by atoms with Crippen molar-refractivity contribution in [2.75, 3.05) is 13.7 Å². The smallest absolute Gasteiger partial charge is 0.193 e. The Hall–Kier alpha value is -0.910. The van der Waals surface area contributed by atoms with Crippen molar-refractivity contribution in [1.82, 2.24) is 14.7 Å². The number of ether oxygens (including phenoxy) is 1. The highest BCUT2D eigenvalue weighted by atomic mass is 32.1. The standard InChI is InChI=1S/C16H25N3OS/c1-3-17-14(16(20-2)7-5-4-6-8-16)11-13-12-19-9-10-21-15(19)18-13/h9-10,12,14,17H,3-8,11H2,1-2H3. The number of aromatic nitrogens is 2. The summed E-state index contributed by atoms with van der Waals surface area (Å²) in [6.45, 7) is 3.14. The van der Waals surface area contributed by atoms with E-state index >= 15 is 0 Å². The predicted octanol–water partition coefficient (Wildman–Crippen LogP) is 3.27. The summed E-state index contributed by atoms with van der Waals surface area (Å²) in [5, 5.41) is 5.73. The molecule has 1 saturated carbocycles. The van der Waals surface area contributed by atoms with Crippen molar-refractivity contribution in [1.29, 1.82) is 0 Å². The van der Waals surface area contributed by atoms with Gasteiger partial charge in [0.1, 0.15) is 0 Å². The van der Waals surface area contributed by atoms with Gasteiger partial charge in [0.15, 0.2) is 4.96 Å². The van der Waals surface area contributed by atoms with Crippen LogP contribution in [-0.4, -0.2) is 34.7 Å². The molecule has 0 saturated heterocycles. The van der Waals surface area contributed by atoms with Crippen LogP contribution in [0, 0.1) is 0 Å². The fraction of sp³-hybridized carbons (Fsp3) is 0.688. The van der Waals surface area contributed by atoms with Crippen LogP contribution in [-0.2, 0) is 11.2 Å². The van der Waals surface area contributed by atoms with Crippen LogP contribution in [0.2, 0.25) is 0 Å². The highest BCUT2D eigenvalue weighted by Crippen LogP contribution is 2.35. The van der Waals surface area contributed by atoms with Gasteiger partial charge in [0, 0.05) is 37.3 Å². The molecule has 1 aliphatic carbocycles. The molecule has 2 heterocycles. The zero-order chi connectivity index (χ0) is 14.7. The van der Waals surface area contributed by atoms with Crippen molar-refractivity contribution < 1.29 is 4.74 Å². The summed E-state index contributed by atoms with van der Waals surface area (Å²) in [5.74, 6) is 0. The lowest BCUT2D eigenvalue weighted by Gasteiger charge is -2.42. The highest BCUT2D eigenvalue weighted by molar-refractivity contribution is 7.15. The van der Waals surface area contributed by atoms with Crippen LogP contribution in [0.15, 0.2) is 17.8 Å². The summed E-state index contributed by atoms with van der Waals surface area (Å²) in [6.07, 6.45) is 11.4. The number of methoxy groups -OCH3 is 1. The Labute approximate surface area is 130 Å². The van der Waals surface area contributed by atoms with Crippen molar-refractivity contribution in [3.63, 3.8) is 0 Å². The van der Waals surface area contributed by atoms with Crippen LogP contribution >= 0.6 is 11.3 Å². The van der Waals surface area contributed by atoms with E-state index in [0.29, 0.717) is 6.04 Å². The van der Waals surface area contributed by atoms with Crippen LogP contribution in [0.3, 0.4) is 0 Å². The summed E-state index contributed by atoms with van der Waals surface area (Å²) < 4.78 is 8.14. The van der Waals surface area contributed by atoms with Gasteiger partial charge in [-0.25, -0.2) is 4.98 Å². The van der Waals surface area contributed by atoms with Crippen LogP contribution in [0.1, 0.15) is 44.7 Å². The number of likely N-dealkylation sites (N-methyl/N-ethyl adjacent to an activating group) is 1. The van der Waals surface area contributed by atoms with Crippen LogP contribution in [0.4, 0.5) is 0 Å². The topological polar surface area (TPSA) is 38.6 Å². The maximum absolute atomic E-state index is 6.03. The van der Waals surface area contributed by atoms with Crippen LogP contribution in [0.25, 0.3) is 4.96 Å². The fourth-order valence-electron chi connectivity index (χ4n) is 3.62. The van der Waals surface area contributed by atoms with E-state index in [1.54, 1.807) is 11.3 Å². The molecular weight excluding hydrogens is 282 g/mol. The van der Waals surface area contributed by atoms with Gasteiger partial charge in [-0.1, -0.05) is 26.2 Å². The molecule has 21 heavy (non-hydrogen) atoms. The van der Waals surface area contributed by atoms with E-state index in [2.05, 4.69) is 34.4 Å². The van der Waals surface area contributed by atoms with Gasteiger partial charge >= 0.3 is 0 Å². The van der Waals surface area contributed by atoms with Gasteiger partial charge in [0.2, 0.25) is 0 Å². The average Bonchev–Trinajstić information content (AvgIpc) is 3.09. The van der Waals surface area contributed by atoms with Crippen molar-refractivity contribution in [2.24, 2.45) is 0 Å². The number of nitrogens with zero attached hydrogens (tertiary/aromatic N) is 2. The number of hydrogen-bond donors (Lipinski definition) is 1. The second-order valence-electron chi connectivity index (χ2n) is 5.97. The molecule has 4 nitrogen and oxygen atoms in total. The number of nitrogens with one attached hydrogen (secondary N) is 1. The monoisotopic (exact) mass is 307 g/mol. The fourth-order valence-corrected chi connectivity index (χ4v) is 4.34. The molecule has 0 aliphatic heterocycles. The maximum atomic E-state index is 6.03. The van der Waals surface area contributed by atoms with Gasteiger partial charge in [0.05, 0.1) is 11.3 Å². The molecule has 1 N–H and O–H groups in total. The minimum Gasteiger partial charge on any atom is -0.377 e. The van der Waals surface area contributed by atoms with Crippen LogP contribution < -0.4 is 5.32 Å². The Balaban J connectivity index is 1.81. The quantitative estimate of drug-likeness (QED) is 0.890. The van der Waals surface area contributed by atoms with E-state index < -0.39 is 0 Å². The molecule has 1 unspecified atom stereocenters. The first kappa shape index (κ1) is 15.0. The Morgan fingerprint density at radius 1 is 1.43 bits per heavy atom. The molecule has 0 bridgehead atoms. The van der Waals surface area contributed by atoms with E-state index in [4.69, 9.17) is 9.72 Å². The molecule has 0 radical (unpaired) electrons. The molecule has 1 fully saturated rings. The second kappa shape index (κ2) is 6.46. The molecule has 1 aliphatic rings. The number of hydrogen-bond acceptors (Lipinski definition) is 4. The summed E-state index contributed by atoms with van der Waals surface area (Å²) in [7, 11) is 1.88. The summed E-state index contributed by atoms with van der Waals surface area (Å²) in [4.78, 5) is 5.82. The van der Waals surface area contributed by atoms with E-state index in [0.717, 1.165) is 36.5 Å². The maximum Gasteiger partial charge on any atom is 0.193 e. The van der Waals surface area contributed by atoms with Crippen molar-refractivity contribution in [3.8, 4) is 0 Å². The molecule has 0 aromatic carbocycles. The normalized spacial score (nSPS) is 19.9. The van der Waals surface area contributed by atoms with E-state index in [1.165, 1.54) is 19.3 Å². The lowest BCUT2D eigenvalue weighted by molar-refractivity contribution is -0.0671. The third-order valence-electron chi connectivity index (χ3n) is 4.75. The third kappa shape index (κ3) is 3.00. The minimum atomic E-state index is -0.0225. The largest absolute Gasteiger partial charge is 0.377 e. The summed E-state index contributed by atoms with van der Waals surface area (Å²) in [5.41, 5.74) is 1.14. The van der Waals surface area contributed by atoms with Gasteiger partial charge in [-0.3, -0.25) is 4.40 Å². The SMILES string of the molecule is CCNC(Cc1cn2ccsc2n1)C1(OC)CCCCC1. The highest BCUT2D eigenvalue weighted by Gasteiger charge is 2.39. The second-order valence-corrected chi connectivity index (χ2v) is 6.84. The van der Waals surface area contributed by atoms with Gasteiger partial charge in [-0.15, -0.1) is 11.3 Å². The third-order valence-corrected chi connectivity index (χ3v) is 5.52. The first-order chi connectivity index (χ1) is 10.3. The van der Waals surface area contributed by atoms with E-state index in [1.807, 2.05) is 7.11 Å². The molecule has 0 spiro atoms. The van der Waals surface area contributed by atoms with Gasteiger partial charge in [-0.05, 0) is 19.4 Å². The average molecular weight is 307 g/mol. The van der Waals surface area contributed by atoms with E-state index in [-0.39, 0.29) is 5.60 Å². The number of rotatable bonds is 6. The predicted molar refractivity (Wildman–Crippen MR) is 87.1 cm³/mol. The Morgan fingerprint density at radius 2 is 2.24 bits per heavy atom.